The summed E-state index contributed by atoms with van der Waals surface area (Å²) in [5.41, 5.74) is 0.105. The van der Waals surface area contributed by atoms with Crippen molar-refractivity contribution in [2.45, 2.75) is 44.4 Å². The molecule has 2 fully saturated rings. The third-order valence-corrected chi connectivity index (χ3v) is 4.73. The van der Waals surface area contributed by atoms with Crippen LogP contribution in [0.4, 0.5) is 13.2 Å². The second-order valence-electron chi connectivity index (χ2n) is 6.05. The first-order valence-corrected chi connectivity index (χ1v) is 7.78. The molecule has 0 unspecified atom stereocenters. The summed E-state index contributed by atoms with van der Waals surface area (Å²) in [6.45, 7) is -1.01. The predicted octanol–water partition coefficient (Wildman–Crippen LogP) is 2.67. The summed E-state index contributed by atoms with van der Waals surface area (Å²) >= 11 is 0. The average Bonchev–Trinajstić information content (AvgIpc) is 3.07. The first kappa shape index (κ1) is 16.1. The van der Waals surface area contributed by atoms with Gasteiger partial charge in [-0.25, -0.2) is 4.39 Å². The molecule has 1 aromatic carbocycles. The van der Waals surface area contributed by atoms with Crippen LogP contribution < -0.4 is 10.1 Å². The Hall–Kier alpha value is -1.76. The molecule has 0 aliphatic carbocycles. The number of carbonyl (C=O) groups is 1. The molecule has 126 valence electrons. The Labute approximate surface area is 132 Å². The SMILES string of the molecule is O=C(NCc1ccc(OC(F)F)c(F)c1)C12CCCN1CCC2. The van der Waals surface area contributed by atoms with E-state index in [1.165, 1.54) is 6.07 Å². The molecule has 0 atom stereocenters. The van der Waals surface area contributed by atoms with Gasteiger partial charge in [0, 0.05) is 6.54 Å². The molecular weight excluding hydrogens is 309 g/mol. The van der Waals surface area contributed by atoms with Gasteiger partial charge in [0.15, 0.2) is 11.6 Å². The maximum absolute atomic E-state index is 13.7. The fraction of sp³-hybridized carbons (Fsp3) is 0.562. The van der Waals surface area contributed by atoms with E-state index in [2.05, 4.69) is 15.0 Å². The van der Waals surface area contributed by atoms with Gasteiger partial charge < -0.3 is 10.1 Å². The van der Waals surface area contributed by atoms with Crippen molar-refractivity contribution in [1.82, 2.24) is 10.2 Å². The number of halogens is 3. The Balaban J connectivity index is 1.62. The number of rotatable bonds is 5. The van der Waals surface area contributed by atoms with E-state index in [1.807, 2.05) is 0 Å². The summed E-state index contributed by atoms with van der Waals surface area (Å²) in [5, 5.41) is 2.85. The number of nitrogens with zero attached hydrogens (tertiary/aromatic N) is 1. The van der Waals surface area contributed by atoms with Crippen LogP contribution in [0, 0.1) is 5.82 Å². The van der Waals surface area contributed by atoms with E-state index in [1.54, 1.807) is 0 Å². The van der Waals surface area contributed by atoms with Crippen molar-refractivity contribution in [1.29, 1.82) is 0 Å². The van der Waals surface area contributed by atoms with Gasteiger partial charge in [0.2, 0.25) is 5.91 Å². The normalized spacial score (nSPS) is 19.8. The maximum atomic E-state index is 13.7. The highest BCUT2D eigenvalue weighted by molar-refractivity contribution is 5.87. The molecule has 7 heteroatoms. The highest BCUT2D eigenvalue weighted by Gasteiger charge is 2.49. The zero-order chi connectivity index (χ0) is 16.4. The molecule has 1 amide bonds. The lowest BCUT2D eigenvalue weighted by Gasteiger charge is -2.30. The molecule has 2 aliphatic rings. The van der Waals surface area contributed by atoms with E-state index < -0.39 is 23.7 Å². The van der Waals surface area contributed by atoms with Crippen molar-refractivity contribution >= 4 is 5.91 Å². The molecule has 2 saturated heterocycles. The van der Waals surface area contributed by atoms with Gasteiger partial charge in [0.1, 0.15) is 5.54 Å². The van der Waals surface area contributed by atoms with Crippen LogP contribution in [-0.4, -0.2) is 36.0 Å². The van der Waals surface area contributed by atoms with Crippen LogP contribution in [0.1, 0.15) is 31.2 Å². The molecule has 0 aromatic heterocycles. The van der Waals surface area contributed by atoms with Crippen molar-refractivity contribution in [3.63, 3.8) is 0 Å². The molecule has 1 N–H and O–H groups in total. The van der Waals surface area contributed by atoms with Crippen LogP contribution in [0.2, 0.25) is 0 Å². The summed E-state index contributed by atoms with van der Waals surface area (Å²) < 4.78 is 41.9. The number of benzene rings is 1. The van der Waals surface area contributed by atoms with Gasteiger partial charge in [0.05, 0.1) is 0 Å². The molecule has 3 rings (SSSR count). The summed E-state index contributed by atoms with van der Waals surface area (Å²) in [6, 6.07) is 3.73. The van der Waals surface area contributed by atoms with Crippen molar-refractivity contribution < 1.29 is 22.7 Å². The third kappa shape index (κ3) is 3.15. The van der Waals surface area contributed by atoms with E-state index >= 15 is 0 Å². The lowest BCUT2D eigenvalue weighted by Crippen LogP contribution is -2.51. The van der Waals surface area contributed by atoms with Crippen LogP contribution in [0.5, 0.6) is 5.75 Å². The van der Waals surface area contributed by atoms with Crippen LogP contribution in [0.15, 0.2) is 18.2 Å². The molecule has 2 heterocycles. The molecule has 0 spiro atoms. The fourth-order valence-electron chi connectivity index (χ4n) is 3.67. The van der Waals surface area contributed by atoms with Gasteiger partial charge in [-0.15, -0.1) is 0 Å². The minimum Gasteiger partial charge on any atom is -0.432 e. The predicted molar refractivity (Wildman–Crippen MR) is 77.7 cm³/mol. The van der Waals surface area contributed by atoms with Crippen molar-refractivity contribution in [2.75, 3.05) is 13.1 Å². The number of alkyl halides is 2. The van der Waals surface area contributed by atoms with E-state index in [-0.39, 0.29) is 12.5 Å². The smallest absolute Gasteiger partial charge is 0.387 e. The lowest BCUT2D eigenvalue weighted by atomic mass is 9.93. The van der Waals surface area contributed by atoms with Crippen LogP contribution >= 0.6 is 0 Å². The van der Waals surface area contributed by atoms with Gasteiger partial charge in [-0.2, -0.15) is 8.78 Å². The molecule has 0 bridgehead atoms. The average molecular weight is 328 g/mol. The number of hydrogen-bond donors (Lipinski definition) is 1. The molecule has 4 nitrogen and oxygen atoms in total. The Kier molecular flexibility index (Phi) is 4.48. The van der Waals surface area contributed by atoms with E-state index in [0.29, 0.717) is 5.56 Å². The molecule has 1 aromatic rings. The number of fused-ring (bicyclic) bond motifs is 1. The van der Waals surface area contributed by atoms with E-state index in [0.717, 1.165) is 50.9 Å². The molecular formula is C16H19F3N2O2. The van der Waals surface area contributed by atoms with Crippen molar-refractivity contribution in [2.24, 2.45) is 0 Å². The van der Waals surface area contributed by atoms with Crippen LogP contribution in [0.3, 0.4) is 0 Å². The van der Waals surface area contributed by atoms with E-state index in [4.69, 9.17) is 0 Å². The fourth-order valence-corrected chi connectivity index (χ4v) is 3.67. The van der Waals surface area contributed by atoms with Crippen LogP contribution in [-0.2, 0) is 11.3 Å². The topological polar surface area (TPSA) is 41.6 Å². The first-order valence-electron chi connectivity index (χ1n) is 7.78. The van der Waals surface area contributed by atoms with E-state index in [9.17, 15) is 18.0 Å². The Morgan fingerprint density at radius 3 is 2.61 bits per heavy atom. The second kappa shape index (κ2) is 6.39. The minimum absolute atomic E-state index is 0.0270. The first-order chi connectivity index (χ1) is 11.0. The maximum Gasteiger partial charge on any atom is 0.387 e. The Morgan fingerprint density at radius 2 is 2.00 bits per heavy atom. The number of carbonyl (C=O) groups excluding carboxylic acids is 1. The van der Waals surface area contributed by atoms with Crippen molar-refractivity contribution in [3.05, 3.63) is 29.6 Å². The van der Waals surface area contributed by atoms with Gasteiger partial charge >= 0.3 is 6.61 Å². The Bertz CT molecular complexity index is 585. The van der Waals surface area contributed by atoms with Gasteiger partial charge in [0.25, 0.3) is 0 Å². The number of nitrogens with one attached hydrogen (secondary N) is 1. The Morgan fingerprint density at radius 1 is 1.30 bits per heavy atom. The minimum atomic E-state index is -3.06. The number of ether oxygens (including phenoxy) is 1. The zero-order valence-electron chi connectivity index (χ0n) is 12.7. The highest BCUT2D eigenvalue weighted by atomic mass is 19.3. The molecule has 2 aliphatic heterocycles. The standard InChI is InChI=1S/C16H19F3N2O2/c17-12-9-11(3-4-13(12)23-15(18)19)10-20-14(22)16-5-1-7-21(16)8-2-6-16/h3-4,9,15H,1-2,5-8,10H2,(H,20,22). The highest BCUT2D eigenvalue weighted by Crippen LogP contribution is 2.38. The summed E-state index contributed by atoms with van der Waals surface area (Å²) in [4.78, 5) is 14.8. The number of amides is 1. The van der Waals surface area contributed by atoms with Gasteiger partial charge in [-0.05, 0) is 56.5 Å². The molecule has 0 saturated carbocycles. The summed E-state index contributed by atoms with van der Waals surface area (Å²) in [7, 11) is 0. The monoisotopic (exact) mass is 328 g/mol. The van der Waals surface area contributed by atoms with Gasteiger partial charge in [-0.3, -0.25) is 9.69 Å². The second-order valence-corrected chi connectivity index (χ2v) is 6.05. The number of hydrogen-bond acceptors (Lipinski definition) is 3. The largest absolute Gasteiger partial charge is 0.432 e. The van der Waals surface area contributed by atoms with Crippen molar-refractivity contribution in [3.8, 4) is 5.75 Å². The zero-order valence-corrected chi connectivity index (χ0v) is 12.7. The quantitative estimate of drug-likeness (QED) is 0.903. The van der Waals surface area contributed by atoms with Gasteiger partial charge in [-0.1, -0.05) is 6.07 Å². The lowest BCUT2D eigenvalue weighted by molar-refractivity contribution is -0.130. The summed E-state index contributed by atoms with van der Waals surface area (Å²) in [5.74, 6) is -1.38. The molecule has 0 radical (unpaired) electrons. The summed E-state index contributed by atoms with van der Waals surface area (Å²) in [6.07, 6.45) is 3.74. The third-order valence-electron chi connectivity index (χ3n) is 4.73. The molecule has 23 heavy (non-hydrogen) atoms. The van der Waals surface area contributed by atoms with Crippen LogP contribution in [0.25, 0.3) is 0 Å².